The van der Waals surface area contributed by atoms with E-state index in [0.717, 1.165) is 12.1 Å². The van der Waals surface area contributed by atoms with Crippen molar-refractivity contribution >= 4 is 21.4 Å². The first-order valence-corrected chi connectivity index (χ1v) is 7.81. The molecule has 1 heterocycles. The molecule has 1 aromatic carbocycles. The SMILES string of the molecule is Nc1cc(C(F)(F)F)ccc1NS(=O)(=O)C1CCOCC1. The molecule has 0 amide bonds. The van der Waals surface area contributed by atoms with Crippen LogP contribution in [0.2, 0.25) is 0 Å². The summed E-state index contributed by atoms with van der Waals surface area (Å²) in [5.74, 6) is 0. The number of nitrogens with two attached hydrogens (primary N) is 1. The minimum Gasteiger partial charge on any atom is -0.397 e. The molecule has 1 aliphatic heterocycles. The van der Waals surface area contributed by atoms with Gasteiger partial charge in [0.2, 0.25) is 10.0 Å². The van der Waals surface area contributed by atoms with E-state index >= 15 is 0 Å². The Bertz CT molecular complexity index is 611. The van der Waals surface area contributed by atoms with Gasteiger partial charge in [-0.25, -0.2) is 8.42 Å². The van der Waals surface area contributed by atoms with Gasteiger partial charge in [-0.05, 0) is 31.0 Å². The molecule has 0 saturated carbocycles. The summed E-state index contributed by atoms with van der Waals surface area (Å²) in [4.78, 5) is 0. The Morgan fingerprint density at radius 2 is 1.86 bits per heavy atom. The first-order valence-electron chi connectivity index (χ1n) is 6.26. The van der Waals surface area contributed by atoms with Gasteiger partial charge in [0, 0.05) is 13.2 Å². The lowest BCUT2D eigenvalue weighted by Crippen LogP contribution is -2.33. The zero-order chi connectivity index (χ0) is 15.7. The third-order valence-electron chi connectivity index (χ3n) is 3.24. The van der Waals surface area contributed by atoms with Gasteiger partial charge in [0.1, 0.15) is 0 Å². The highest BCUT2D eigenvalue weighted by molar-refractivity contribution is 7.93. The van der Waals surface area contributed by atoms with Crippen LogP contribution >= 0.6 is 0 Å². The van der Waals surface area contributed by atoms with Crippen molar-refractivity contribution in [2.75, 3.05) is 23.7 Å². The summed E-state index contributed by atoms with van der Waals surface area (Å²) in [6.45, 7) is 0.683. The van der Waals surface area contributed by atoms with E-state index in [0.29, 0.717) is 32.1 Å². The van der Waals surface area contributed by atoms with Gasteiger partial charge in [0.25, 0.3) is 0 Å². The van der Waals surface area contributed by atoms with Crippen molar-refractivity contribution in [3.05, 3.63) is 23.8 Å². The van der Waals surface area contributed by atoms with Gasteiger partial charge in [-0.15, -0.1) is 0 Å². The largest absolute Gasteiger partial charge is 0.416 e. The highest BCUT2D eigenvalue weighted by Gasteiger charge is 2.32. The number of alkyl halides is 3. The van der Waals surface area contributed by atoms with Crippen LogP contribution in [0.4, 0.5) is 24.5 Å². The molecule has 1 aliphatic rings. The number of halogens is 3. The van der Waals surface area contributed by atoms with Crippen LogP contribution in [0.1, 0.15) is 18.4 Å². The molecule has 0 atom stereocenters. The zero-order valence-electron chi connectivity index (χ0n) is 11.0. The number of sulfonamides is 1. The minimum atomic E-state index is -4.52. The average Bonchev–Trinajstić information content (AvgIpc) is 2.41. The van der Waals surface area contributed by atoms with E-state index in [1.54, 1.807) is 0 Å². The predicted octanol–water partition coefficient (Wildman–Crippen LogP) is 2.21. The van der Waals surface area contributed by atoms with Crippen molar-refractivity contribution in [1.82, 2.24) is 0 Å². The van der Waals surface area contributed by atoms with E-state index in [9.17, 15) is 21.6 Å². The Morgan fingerprint density at radius 1 is 1.24 bits per heavy atom. The van der Waals surface area contributed by atoms with Crippen molar-refractivity contribution in [3.8, 4) is 0 Å². The fraction of sp³-hybridized carbons (Fsp3) is 0.500. The molecule has 1 fully saturated rings. The number of anilines is 2. The van der Waals surface area contributed by atoms with Gasteiger partial charge in [-0.1, -0.05) is 0 Å². The molecular formula is C12H15F3N2O3S. The Morgan fingerprint density at radius 3 is 2.38 bits per heavy atom. The Balaban J connectivity index is 2.19. The lowest BCUT2D eigenvalue weighted by molar-refractivity contribution is -0.137. The van der Waals surface area contributed by atoms with E-state index in [2.05, 4.69) is 4.72 Å². The molecule has 0 radical (unpaired) electrons. The Hall–Kier alpha value is -1.48. The second-order valence-corrected chi connectivity index (χ2v) is 6.72. The second-order valence-electron chi connectivity index (χ2n) is 4.76. The first kappa shape index (κ1) is 15.9. The van der Waals surface area contributed by atoms with Crippen LogP contribution in [0, 0.1) is 0 Å². The topological polar surface area (TPSA) is 81.4 Å². The third-order valence-corrected chi connectivity index (χ3v) is 5.09. The van der Waals surface area contributed by atoms with Gasteiger partial charge >= 0.3 is 6.18 Å². The first-order chi connectivity index (χ1) is 9.70. The number of benzene rings is 1. The van der Waals surface area contributed by atoms with E-state index in [-0.39, 0.29) is 11.4 Å². The maximum Gasteiger partial charge on any atom is 0.416 e. The summed E-state index contributed by atoms with van der Waals surface area (Å²) in [6, 6.07) is 2.52. The summed E-state index contributed by atoms with van der Waals surface area (Å²) >= 11 is 0. The minimum absolute atomic E-state index is 0.0468. The monoisotopic (exact) mass is 324 g/mol. The molecule has 3 N–H and O–H groups in total. The Kier molecular flexibility index (Phi) is 4.33. The van der Waals surface area contributed by atoms with Gasteiger partial charge in [-0.2, -0.15) is 13.2 Å². The molecule has 5 nitrogen and oxygen atoms in total. The summed E-state index contributed by atoms with van der Waals surface area (Å²) in [7, 11) is -3.70. The second kappa shape index (κ2) is 5.72. The van der Waals surface area contributed by atoms with Crippen LogP contribution in [0.25, 0.3) is 0 Å². The summed E-state index contributed by atoms with van der Waals surface area (Å²) in [5.41, 5.74) is 4.27. The molecule has 21 heavy (non-hydrogen) atoms. The highest BCUT2D eigenvalue weighted by Crippen LogP contribution is 2.33. The molecule has 0 bridgehead atoms. The number of hydrogen-bond acceptors (Lipinski definition) is 4. The summed E-state index contributed by atoms with van der Waals surface area (Å²) in [6.07, 6.45) is -3.84. The highest BCUT2D eigenvalue weighted by atomic mass is 32.2. The fourth-order valence-electron chi connectivity index (χ4n) is 2.05. The molecule has 9 heteroatoms. The molecule has 0 spiro atoms. The predicted molar refractivity (Wildman–Crippen MR) is 72.2 cm³/mol. The molecule has 0 unspecified atom stereocenters. The molecule has 0 aromatic heterocycles. The zero-order valence-corrected chi connectivity index (χ0v) is 11.8. The van der Waals surface area contributed by atoms with Crippen LogP contribution in [0.15, 0.2) is 18.2 Å². The van der Waals surface area contributed by atoms with Gasteiger partial charge < -0.3 is 10.5 Å². The molecule has 1 saturated heterocycles. The van der Waals surface area contributed by atoms with Crippen molar-refractivity contribution < 1.29 is 26.3 Å². The smallest absolute Gasteiger partial charge is 0.397 e. The quantitative estimate of drug-likeness (QED) is 0.835. The standard InChI is InChI=1S/C12H15F3N2O3S/c13-12(14,15)8-1-2-11(10(16)7-8)17-21(18,19)9-3-5-20-6-4-9/h1-2,7,9,17H,3-6,16H2. The summed E-state index contributed by atoms with van der Waals surface area (Å²) in [5, 5.41) is -0.632. The average molecular weight is 324 g/mol. The van der Waals surface area contributed by atoms with Crippen molar-refractivity contribution in [2.45, 2.75) is 24.3 Å². The van der Waals surface area contributed by atoms with Crippen LogP contribution < -0.4 is 10.5 Å². The summed E-state index contributed by atoms with van der Waals surface area (Å²) < 4.78 is 69.2. The number of nitrogens with one attached hydrogen (secondary N) is 1. The van der Waals surface area contributed by atoms with E-state index < -0.39 is 27.0 Å². The lowest BCUT2D eigenvalue weighted by atomic mass is 10.2. The molecule has 1 aromatic rings. The maximum atomic E-state index is 12.5. The molecule has 0 aliphatic carbocycles. The third kappa shape index (κ3) is 3.79. The number of rotatable bonds is 3. The maximum absolute atomic E-state index is 12.5. The molecular weight excluding hydrogens is 309 g/mol. The van der Waals surface area contributed by atoms with Crippen molar-refractivity contribution in [1.29, 1.82) is 0 Å². The molecule has 118 valence electrons. The van der Waals surface area contributed by atoms with Crippen LogP contribution in [-0.2, 0) is 20.9 Å². The van der Waals surface area contributed by atoms with Crippen LogP contribution in [-0.4, -0.2) is 26.9 Å². The van der Waals surface area contributed by atoms with Gasteiger partial charge in [0.15, 0.2) is 0 Å². The van der Waals surface area contributed by atoms with Gasteiger partial charge in [-0.3, -0.25) is 4.72 Å². The molecule has 2 rings (SSSR count). The van der Waals surface area contributed by atoms with Crippen LogP contribution in [0.3, 0.4) is 0 Å². The van der Waals surface area contributed by atoms with E-state index in [1.807, 2.05) is 0 Å². The number of nitrogen functional groups attached to an aromatic ring is 1. The normalized spacial score (nSPS) is 17.7. The van der Waals surface area contributed by atoms with Gasteiger partial charge in [0.05, 0.1) is 22.2 Å². The van der Waals surface area contributed by atoms with E-state index in [4.69, 9.17) is 10.5 Å². The lowest BCUT2D eigenvalue weighted by Gasteiger charge is -2.23. The number of hydrogen-bond donors (Lipinski definition) is 2. The van der Waals surface area contributed by atoms with Crippen LogP contribution in [0.5, 0.6) is 0 Å². The Labute approximate surface area is 120 Å². The van der Waals surface area contributed by atoms with Crippen molar-refractivity contribution in [3.63, 3.8) is 0 Å². The van der Waals surface area contributed by atoms with E-state index in [1.165, 1.54) is 0 Å². The van der Waals surface area contributed by atoms with Crippen molar-refractivity contribution in [2.24, 2.45) is 0 Å². The number of ether oxygens (including phenoxy) is 1. The fourth-order valence-corrected chi connectivity index (χ4v) is 3.53.